The van der Waals surface area contributed by atoms with Gasteiger partial charge in [-0.3, -0.25) is 5.32 Å². The molecule has 0 atom stereocenters. The van der Waals surface area contributed by atoms with Crippen LogP contribution in [-0.4, -0.2) is 15.3 Å². The summed E-state index contributed by atoms with van der Waals surface area (Å²) in [6.45, 7) is 0. The molecule has 0 aliphatic heterocycles. The Morgan fingerprint density at radius 3 is 2.25 bits per heavy atom. The highest BCUT2D eigenvalue weighted by Crippen LogP contribution is 2.45. The first kappa shape index (κ1) is 16.2. The minimum atomic E-state index is -0.419. The number of nitrogens with one attached hydrogen (secondary N) is 2. The van der Waals surface area contributed by atoms with Crippen molar-refractivity contribution in [3.63, 3.8) is 0 Å². The second-order valence-corrected chi connectivity index (χ2v) is 5.75. The highest BCUT2D eigenvalue weighted by atomic mass is 35.5. The Morgan fingerprint density at radius 2 is 1.58 bits per heavy atom. The molecule has 122 valence electrons. The second-order valence-electron chi connectivity index (χ2n) is 4.91. The lowest BCUT2D eigenvalue weighted by atomic mass is 10.1. The average molecular weight is 361 g/mol. The predicted octanol–water partition coefficient (Wildman–Crippen LogP) is 4.82. The van der Waals surface area contributed by atoms with Crippen molar-refractivity contribution in [3.8, 4) is 22.8 Å². The Labute approximate surface area is 148 Å². The number of halogens is 1. The van der Waals surface area contributed by atoms with Crippen LogP contribution in [0.25, 0.3) is 11.3 Å². The van der Waals surface area contributed by atoms with E-state index in [2.05, 4.69) is 10.6 Å². The molecular formula is C17H13ClN2O3S. The summed E-state index contributed by atoms with van der Waals surface area (Å²) in [4.78, 5) is 0. The lowest BCUT2D eigenvalue weighted by Gasteiger charge is -2.08. The zero-order chi connectivity index (χ0) is 17.1. The summed E-state index contributed by atoms with van der Waals surface area (Å²) in [6, 6.07) is 15.9. The van der Waals surface area contributed by atoms with E-state index in [1.165, 1.54) is 0 Å². The summed E-state index contributed by atoms with van der Waals surface area (Å²) in [5, 5.41) is 26.5. The molecule has 3 aromatic rings. The van der Waals surface area contributed by atoms with Crippen molar-refractivity contribution in [2.24, 2.45) is 0 Å². The molecule has 7 heteroatoms. The Morgan fingerprint density at radius 1 is 0.917 bits per heavy atom. The van der Waals surface area contributed by atoms with Crippen LogP contribution in [0.15, 0.2) is 59.0 Å². The third kappa shape index (κ3) is 3.45. The second kappa shape index (κ2) is 6.82. The third-order valence-corrected chi connectivity index (χ3v) is 3.68. The molecule has 1 heterocycles. The largest absolute Gasteiger partial charge is 0.502 e. The van der Waals surface area contributed by atoms with Gasteiger partial charge in [0.15, 0.2) is 10.9 Å². The molecule has 2 aromatic carbocycles. The van der Waals surface area contributed by atoms with Crippen LogP contribution >= 0.6 is 23.8 Å². The average Bonchev–Trinajstić information content (AvgIpc) is 2.85. The Bertz CT molecular complexity index is 864. The molecule has 0 aliphatic rings. The Kier molecular flexibility index (Phi) is 4.59. The van der Waals surface area contributed by atoms with Crippen LogP contribution in [0.4, 0.5) is 11.6 Å². The summed E-state index contributed by atoms with van der Waals surface area (Å²) < 4.78 is 5.50. The van der Waals surface area contributed by atoms with E-state index >= 15 is 0 Å². The van der Waals surface area contributed by atoms with Gasteiger partial charge in [-0.05, 0) is 48.6 Å². The van der Waals surface area contributed by atoms with Crippen molar-refractivity contribution in [1.82, 2.24) is 0 Å². The lowest BCUT2D eigenvalue weighted by Crippen LogP contribution is -2.18. The maximum absolute atomic E-state index is 10.1. The normalized spacial score (nSPS) is 10.4. The third-order valence-electron chi connectivity index (χ3n) is 3.22. The van der Waals surface area contributed by atoms with Crippen LogP contribution in [0.3, 0.4) is 0 Å². The molecule has 0 saturated carbocycles. The number of aromatic hydroxyl groups is 2. The monoisotopic (exact) mass is 360 g/mol. The van der Waals surface area contributed by atoms with E-state index in [4.69, 9.17) is 28.2 Å². The van der Waals surface area contributed by atoms with Gasteiger partial charge in [0.25, 0.3) is 0 Å². The minimum Gasteiger partial charge on any atom is -0.502 e. The van der Waals surface area contributed by atoms with E-state index in [1.807, 2.05) is 30.3 Å². The highest BCUT2D eigenvalue weighted by Gasteiger charge is 2.21. The first-order chi connectivity index (χ1) is 11.5. The van der Waals surface area contributed by atoms with E-state index in [0.29, 0.717) is 10.6 Å². The van der Waals surface area contributed by atoms with Crippen LogP contribution in [0, 0.1) is 0 Å². The molecule has 0 unspecified atom stereocenters. The Hall–Kier alpha value is -2.70. The number of furan rings is 1. The van der Waals surface area contributed by atoms with Crippen LogP contribution in [0.5, 0.6) is 11.5 Å². The summed E-state index contributed by atoms with van der Waals surface area (Å²) in [6.07, 6.45) is 0. The molecule has 3 rings (SSSR count). The lowest BCUT2D eigenvalue weighted by molar-refractivity contribution is 0.410. The predicted molar refractivity (Wildman–Crippen MR) is 98.8 cm³/mol. The van der Waals surface area contributed by atoms with E-state index in [1.54, 1.807) is 24.3 Å². The summed E-state index contributed by atoms with van der Waals surface area (Å²) >= 11 is 11.0. The number of thiocarbonyl (C=S) groups is 1. The Balaban J connectivity index is 1.80. The number of rotatable bonds is 3. The SMILES string of the molecule is Oc1c(NC(=S)Nc2ccccc2)oc(-c2ccc(Cl)cc2)c1O. The molecule has 24 heavy (non-hydrogen) atoms. The number of hydrogen-bond acceptors (Lipinski definition) is 4. The van der Waals surface area contributed by atoms with Gasteiger partial charge in [-0.25, -0.2) is 0 Å². The van der Waals surface area contributed by atoms with Crippen molar-refractivity contribution >= 4 is 40.5 Å². The molecule has 0 aliphatic carbocycles. The fraction of sp³-hybridized carbons (Fsp3) is 0. The van der Waals surface area contributed by atoms with Crippen molar-refractivity contribution in [2.75, 3.05) is 10.6 Å². The number of anilines is 2. The number of benzene rings is 2. The fourth-order valence-corrected chi connectivity index (χ4v) is 2.42. The quantitative estimate of drug-likeness (QED) is 0.502. The first-order valence-electron chi connectivity index (χ1n) is 6.98. The number of hydrogen-bond donors (Lipinski definition) is 4. The molecule has 0 amide bonds. The van der Waals surface area contributed by atoms with Gasteiger partial charge >= 0.3 is 0 Å². The topological polar surface area (TPSA) is 77.7 Å². The van der Waals surface area contributed by atoms with Gasteiger partial charge in [-0.1, -0.05) is 29.8 Å². The van der Waals surface area contributed by atoms with Gasteiger partial charge in [-0.2, -0.15) is 0 Å². The fourth-order valence-electron chi connectivity index (χ4n) is 2.08. The van der Waals surface area contributed by atoms with Gasteiger partial charge in [0.05, 0.1) is 0 Å². The summed E-state index contributed by atoms with van der Waals surface area (Å²) in [5.74, 6) is -0.723. The molecular weight excluding hydrogens is 348 g/mol. The van der Waals surface area contributed by atoms with Crippen molar-refractivity contribution in [2.45, 2.75) is 0 Å². The van der Waals surface area contributed by atoms with Crippen molar-refractivity contribution in [3.05, 3.63) is 59.6 Å². The van der Waals surface area contributed by atoms with Gasteiger partial charge in [0.2, 0.25) is 17.4 Å². The van der Waals surface area contributed by atoms with Crippen LogP contribution in [0.2, 0.25) is 5.02 Å². The standard InChI is InChI=1S/C17H13ClN2O3S/c18-11-8-6-10(7-9-11)15-13(21)14(22)16(23-15)20-17(24)19-12-4-2-1-3-5-12/h1-9,21-22H,(H2,19,20,24). The first-order valence-corrected chi connectivity index (χ1v) is 7.77. The zero-order valence-electron chi connectivity index (χ0n) is 12.3. The van der Waals surface area contributed by atoms with Crippen LogP contribution in [-0.2, 0) is 0 Å². The molecule has 0 fully saturated rings. The van der Waals surface area contributed by atoms with Crippen LogP contribution in [0.1, 0.15) is 0 Å². The van der Waals surface area contributed by atoms with Gasteiger partial charge in [-0.15, -0.1) is 0 Å². The molecule has 0 spiro atoms. The molecule has 5 nitrogen and oxygen atoms in total. The highest BCUT2D eigenvalue weighted by molar-refractivity contribution is 7.80. The minimum absolute atomic E-state index is 0.0501. The molecule has 4 N–H and O–H groups in total. The van der Waals surface area contributed by atoms with E-state index < -0.39 is 5.75 Å². The van der Waals surface area contributed by atoms with Gasteiger partial charge in [0.1, 0.15) is 0 Å². The van der Waals surface area contributed by atoms with E-state index in [0.717, 1.165) is 5.69 Å². The van der Waals surface area contributed by atoms with Crippen molar-refractivity contribution < 1.29 is 14.6 Å². The smallest absolute Gasteiger partial charge is 0.246 e. The maximum atomic E-state index is 10.1. The maximum Gasteiger partial charge on any atom is 0.246 e. The van der Waals surface area contributed by atoms with E-state index in [9.17, 15) is 10.2 Å². The van der Waals surface area contributed by atoms with Crippen molar-refractivity contribution in [1.29, 1.82) is 0 Å². The van der Waals surface area contributed by atoms with Crippen LogP contribution < -0.4 is 10.6 Å². The number of para-hydroxylation sites is 1. The molecule has 0 bridgehead atoms. The summed E-state index contributed by atoms with van der Waals surface area (Å²) in [5.41, 5.74) is 1.35. The molecule has 0 radical (unpaired) electrons. The van der Waals surface area contributed by atoms with Gasteiger partial charge in [0, 0.05) is 16.3 Å². The molecule has 0 saturated heterocycles. The van der Waals surface area contributed by atoms with E-state index in [-0.39, 0.29) is 22.5 Å². The molecule has 1 aromatic heterocycles. The summed E-state index contributed by atoms with van der Waals surface area (Å²) in [7, 11) is 0. The zero-order valence-corrected chi connectivity index (χ0v) is 13.9. The van der Waals surface area contributed by atoms with Gasteiger partial charge < -0.3 is 19.9 Å².